The molecule has 168 valence electrons. The fourth-order valence-corrected chi connectivity index (χ4v) is 5.26. The molecule has 1 aliphatic rings. The van der Waals surface area contributed by atoms with Crippen LogP contribution in [0.4, 0.5) is 0 Å². The average molecular weight is 460 g/mol. The van der Waals surface area contributed by atoms with E-state index in [4.69, 9.17) is 5.26 Å². The Morgan fingerprint density at radius 2 is 1.82 bits per heavy atom. The summed E-state index contributed by atoms with van der Waals surface area (Å²) in [7, 11) is -3.23. The molecule has 3 aromatic rings. The summed E-state index contributed by atoms with van der Waals surface area (Å²) in [6, 6.07) is 18.9. The van der Waals surface area contributed by atoms with Crippen LogP contribution in [0.3, 0.4) is 0 Å². The van der Waals surface area contributed by atoms with Gasteiger partial charge in [0.2, 0.25) is 0 Å². The molecule has 0 bridgehead atoms. The Morgan fingerprint density at radius 1 is 1.09 bits per heavy atom. The van der Waals surface area contributed by atoms with E-state index in [-0.39, 0.29) is 29.0 Å². The Balaban J connectivity index is 1.48. The van der Waals surface area contributed by atoms with E-state index in [1.54, 1.807) is 26.0 Å². The Labute approximate surface area is 194 Å². The van der Waals surface area contributed by atoms with Gasteiger partial charge in [0.05, 0.1) is 28.0 Å². The number of hydrogen-bond acceptors (Lipinski definition) is 6. The number of carbonyl (C=O) groups is 1. The summed E-state index contributed by atoms with van der Waals surface area (Å²) in [6.07, 6.45) is 3.16. The number of rotatable bonds is 8. The number of ketones is 1. The Bertz CT molecular complexity index is 1340. The highest BCUT2D eigenvalue weighted by atomic mass is 32.2. The minimum Gasteiger partial charge on any atom is -0.298 e. The molecule has 0 atom stereocenters. The molecule has 0 unspecified atom stereocenters. The van der Waals surface area contributed by atoms with Crippen LogP contribution in [0.25, 0.3) is 11.1 Å². The van der Waals surface area contributed by atoms with Crippen molar-refractivity contribution in [2.45, 2.75) is 49.5 Å². The van der Waals surface area contributed by atoms with Crippen molar-refractivity contribution in [1.82, 2.24) is 9.97 Å². The highest BCUT2D eigenvalue weighted by Crippen LogP contribution is 2.31. The minimum absolute atomic E-state index is 0.0172. The first-order chi connectivity index (χ1) is 15.7. The van der Waals surface area contributed by atoms with E-state index >= 15 is 0 Å². The number of benzene rings is 2. The van der Waals surface area contributed by atoms with Crippen molar-refractivity contribution >= 4 is 15.6 Å². The third-order valence-electron chi connectivity index (χ3n) is 6.05. The molecule has 4 rings (SSSR count). The van der Waals surface area contributed by atoms with Crippen LogP contribution < -0.4 is 0 Å². The molecular formula is C26H25N3O3S. The molecule has 0 saturated heterocycles. The molecule has 0 spiro atoms. The lowest BCUT2D eigenvalue weighted by Gasteiger charge is -2.23. The third-order valence-corrected chi connectivity index (χ3v) is 8.20. The molecule has 7 heteroatoms. The van der Waals surface area contributed by atoms with Crippen LogP contribution >= 0.6 is 0 Å². The molecule has 1 aromatic heterocycles. The molecule has 1 aliphatic carbocycles. The Hall–Kier alpha value is -3.37. The number of nitrogens with zero attached hydrogens (tertiary/aromatic N) is 3. The first-order valence-corrected chi connectivity index (χ1v) is 12.6. The normalized spacial score (nSPS) is 14.0. The Morgan fingerprint density at radius 3 is 2.48 bits per heavy atom. The molecule has 0 radical (unpaired) electrons. The highest BCUT2D eigenvalue weighted by Gasteiger charge is 2.37. The van der Waals surface area contributed by atoms with Crippen LogP contribution in [0, 0.1) is 11.3 Å². The van der Waals surface area contributed by atoms with Gasteiger partial charge in [0.1, 0.15) is 17.4 Å². The lowest BCUT2D eigenvalue weighted by Crippen LogP contribution is -2.32. The van der Waals surface area contributed by atoms with E-state index in [0.29, 0.717) is 24.1 Å². The first-order valence-electron chi connectivity index (χ1n) is 10.9. The molecule has 0 aliphatic heterocycles. The highest BCUT2D eigenvalue weighted by molar-refractivity contribution is 7.91. The molecule has 0 N–H and O–H groups in total. The van der Waals surface area contributed by atoms with E-state index in [1.165, 1.54) is 6.20 Å². The number of carbonyl (C=O) groups excluding carboxylic acids is 1. The van der Waals surface area contributed by atoms with Crippen LogP contribution in [0.5, 0.6) is 0 Å². The van der Waals surface area contributed by atoms with Gasteiger partial charge in [0.25, 0.3) is 0 Å². The number of Topliss-reactive ketones (excluding diaryl/α,β-unsaturated/α-hetero) is 1. The fraction of sp³-hybridized carbons (Fsp3) is 0.308. The van der Waals surface area contributed by atoms with Crippen molar-refractivity contribution in [1.29, 1.82) is 5.26 Å². The second-order valence-electron chi connectivity index (χ2n) is 8.98. The van der Waals surface area contributed by atoms with E-state index in [9.17, 15) is 13.2 Å². The summed E-state index contributed by atoms with van der Waals surface area (Å²) in [5, 5.41) is 8.82. The Kier molecular flexibility index (Phi) is 6.13. The molecule has 33 heavy (non-hydrogen) atoms. The van der Waals surface area contributed by atoms with Crippen LogP contribution in [0.15, 0.2) is 60.8 Å². The van der Waals surface area contributed by atoms with Crippen molar-refractivity contribution in [3.05, 3.63) is 83.4 Å². The summed E-state index contributed by atoms with van der Waals surface area (Å²) in [5.41, 5.74) is 3.03. The summed E-state index contributed by atoms with van der Waals surface area (Å²) in [4.78, 5) is 21.7. The summed E-state index contributed by atoms with van der Waals surface area (Å²) in [5.74, 6) is 0.0326. The fourth-order valence-electron chi connectivity index (χ4n) is 3.67. The second-order valence-corrected chi connectivity index (χ2v) is 11.3. The molecule has 0 amide bonds. The molecule has 6 nitrogen and oxygen atoms in total. The zero-order valence-corrected chi connectivity index (χ0v) is 19.5. The molecule has 2 aromatic carbocycles. The van der Waals surface area contributed by atoms with Gasteiger partial charge in [0.15, 0.2) is 9.84 Å². The van der Waals surface area contributed by atoms with E-state index in [0.717, 1.165) is 16.7 Å². The molecular weight excluding hydrogens is 434 g/mol. The topological polar surface area (TPSA) is 101 Å². The van der Waals surface area contributed by atoms with Crippen LogP contribution in [0.1, 0.15) is 49.3 Å². The van der Waals surface area contributed by atoms with Crippen LogP contribution in [0.2, 0.25) is 0 Å². The van der Waals surface area contributed by atoms with Gasteiger partial charge in [-0.15, -0.1) is 0 Å². The van der Waals surface area contributed by atoms with Gasteiger partial charge < -0.3 is 0 Å². The van der Waals surface area contributed by atoms with Gasteiger partial charge in [-0.25, -0.2) is 18.4 Å². The number of nitriles is 1. The number of aromatic nitrogens is 2. The maximum atomic E-state index is 13.2. The smallest absolute Gasteiger partial charge is 0.160 e. The summed E-state index contributed by atoms with van der Waals surface area (Å²) in [6.45, 7) is 3.61. The van der Waals surface area contributed by atoms with Crippen molar-refractivity contribution < 1.29 is 13.2 Å². The molecule has 1 heterocycles. The summed E-state index contributed by atoms with van der Waals surface area (Å²) >= 11 is 0. The number of hydrogen-bond donors (Lipinski definition) is 0. The van der Waals surface area contributed by atoms with Gasteiger partial charge in [-0.1, -0.05) is 36.4 Å². The van der Waals surface area contributed by atoms with Gasteiger partial charge >= 0.3 is 0 Å². The van der Waals surface area contributed by atoms with Crippen molar-refractivity contribution in [3.8, 4) is 17.2 Å². The molecule has 1 fully saturated rings. The zero-order chi connectivity index (χ0) is 23.6. The summed E-state index contributed by atoms with van der Waals surface area (Å²) < 4.78 is 24.6. The monoisotopic (exact) mass is 459 g/mol. The predicted molar refractivity (Wildman–Crippen MR) is 126 cm³/mol. The second kappa shape index (κ2) is 8.87. The standard InChI is InChI=1S/C26H25N3O3S/c1-26(2,23-12-13-28-25(29-23)17-33(31,32)22-10-11-22)24(30)15-18-6-8-20(9-7-18)21-5-3-4-19(14-21)16-27/h3-9,12-14,22H,10-11,15,17H2,1-2H3. The lowest BCUT2D eigenvalue weighted by atomic mass is 9.81. The van der Waals surface area contributed by atoms with Crippen molar-refractivity contribution in [3.63, 3.8) is 0 Å². The third kappa shape index (κ3) is 5.18. The zero-order valence-electron chi connectivity index (χ0n) is 18.7. The lowest BCUT2D eigenvalue weighted by molar-refractivity contribution is -0.122. The van der Waals surface area contributed by atoms with E-state index < -0.39 is 15.3 Å². The maximum absolute atomic E-state index is 13.2. The van der Waals surface area contributed by atoms with E-state index in [1.807, 2.05) is 42.5 Å². The van der Waals surface area contributed by atoms with Gasteiger partial charge in [0, 0.05) is 12.6 Å². The largest absolute Gasteiger partial charge is 0.298 e. The van der Waals surface area contributed by atoms with Gasteiger partial charge in [-0.2, -0.15) is 5.26 Å². The molecule has 1 saturated carbocycles. The van der Waals surface area contributed by atoms with Gasteiger partial charge in [-0.3, -0.25) is 4.79 Å². The predicted octanol–water partition coefficient (Wildman–Crippen LogP) is 4.18. The van der Waals surface area contributed by atoms with Crippen molar-refractivity contribution in [2.24, 2.45) is 0 Å². The van der Waals surface area contributed by atoms with Crippen LogP contribution in [-0.4, -0.2) is 29.4 Å². The maximum Gasteiger partial charge on any atom is 0.160 e. The minimum atomic E-state index is -3.23. The van der Waals surface area contributed by atoms with Gasteiger partial charge in [-0.05, 0) is 61.6 Å². The SMILES string of the molecule is CC(C)(C(=O)Cc1ccc(-c2cccc(C#N)c2)cc1)c1ccnc(CS(=O)(=O)C2CC2)n1. The average Bonchev–Trinajstić information content (AvgIpc) is 3.66. The quantitative estimate of drug-likeness (QED) is 0.501. The van der Waals surface area contributed by atoms with Crippen LogP contribution in [-0.2, 0) is 32.2 Å². The number of sulfone groups is 1. The van der Waals surface area contributed by atoms with E-state index in [2.05, 4.69) is 16.0 Å². The van der Waals surface area contributed by atoms with Crippen molar-refractivity contribution in [2.75, 3.05) is 0 Å². The first kappa shape index (κ1) is 22.8.